The fraction of sp³-hybridized carbons (Fsp3) is 0.300. The molecule has 1 aromatic rings. The van der Waals surface area contributed by atoms with E-state index in [1.807, 2.05) is 0 Å². The van der Waals surface area contributed by atoms with Gasteiger partial charge in [0.05, 0.1) is 7.11 Å². The molecule has 0 aliphatic heterocycles. The zero-order valence-electron chi connectivity index (χ0n) is 8.27. The molecule has 0 saturated carbocycles. The Balaban J connectivity index is 2.86. The summed E-state index contributed by atoms with van der Waals surface area (Å²) in [6.45, 7) is 0. The topological polar surface area (TPSA) is 26.3 Å². The molecule has 0 heterocycles. The van der Waals surface area contributed by atoms with Crippen molar-refractivity contribution in [1.29, 1.82) is 0 Å². The molecule has 1 atom stereocenters. The molecular weight excluding hydrogens is 245 g/mol. The predicted molar refractivity (Wildman–Crippen MR) is 52.0 cm³/mol. The first-order chi connectivity index (χ1) is 7.45. The number of esters is 1. The molecule has 0 amide bonds. The summed E-state index contributed by atoms with van der Waals surface area (Å²) in [4.78, 5) is 10.7. The van der Waals surface area contributed by atoms with Crippen LogP contribution in [0.2, 0.25) is 5.02 Å². The van der Waals surface area contributed by atoms with Crippen molar-refractivity contribution in [2.45, 2.75) is 12.6 Å². The minimum absolute atomic E-state index is 0.00250. The van der Waals surface area contributed by atoms with Gasteiger partial charge in [0.2, 0.25) is 6.17 Å². The summed E-state index contributed by atoms with van der Waals surface area (Å²) in [5.41, 5.74) is -0.00250. The third-order valence-corrected chi connectivity index (χ3v) is 2.28. The molecule has 0 N–H and O–H groups in total. The minimum atomic E-state index is -1.95. The van der Waals surface area contributed by atoms with Crippen LogP contribution in [0, 0.1) is 11.6 Å². The number of hydrogen-bond donors (Lipinski definition) is 0. The van der Waals surface area contributed by atoms with Gasteiger partial charge in [0, 0.05) is 6.42 Å². The molecule has 88 valence electrons. The van der Waals surface area contributed by atoms with Crippen molar-refractivity contribution >= 4 is 17.6 Å². The summed E-state index contributed by atoms with van der Waals surface area (Å²) in [7, 11) is 1.03. The van der Waals surface area contributed by atoms with E-state index in [9.17, 15) is 18.0 Å². The molecule has 2 nitrogen and oxygen atoms in total. The Labute approximate surface area is 95.0 Å². The Hall–Kier alpha value is -1.23. The largest absolute Gasteiger partial charge is 0.467 e. The van der Waals surface area contributed by atoms with Gasteiger partial charge in [0.25, 0.3) is 0 Å². The Bertz CT molecular complexity index is 386. The van der Waals surface area contributed by atoms with Gasteiger partial charge in [-0.05, 0) is 17.7 Å². The van der Waals surface area contributed by atoms with Crippen LogP contribution in [0.3, 0.4) is 0 Å². The first-order valence-electron chi connectivity index (χ1n) is 4.31. The molecular formula is C10H8ClF3O2. The van der Waals surface area contributed by atoms with Crippen LogP contribution >= 0.6 is 11.6 Å². The van der Waals surface area contributed by atoms with E-state index in [2.05, 4.69) is 4.74 Å². The minimum Gasteiger partial charge on any atom is -0.467 e. The number of benzene rings is 1. The number of ether oxygens (including phenoxy) is 1. The Morgan fingerprint density at radius 3 is 2.38 bits per heavy atom. The van der Waals surface area contributed by atoms with Crippen LogP contribution in [0.25, 0.3) is 0 Å². The number of halogens is 4. The molecule has 0 saturated heterocycles. The quantitative estimate of drug-likeness (QED) is 0.611. The first kappa shape index (κ1) is 12.8. The summed E-state index contributed by atoms with van der Waals surface area (Å²) < 4.78 is 43.2. The lowest BCUT2D eigenvalue weighted by atomic mass is 10.1. The second-order valence-electron chi connectivity index (χ2n) is 3.07. The monoisotopic (exact) mass is 252 g/mol. The summed E-state index contributed by atoms with van der Waals surface area (Å²) in [5, 5.41) is -0.655. The Morgan fingerprint density at radius 1 is 1.44 bits per heavy atom. The number of carbonyl (C=O) groups is 1. The van der Waals surface area contributed by atoms with E-state index in [-0.39, 0.29) is 5.56 Å². The van der Waals surface area contributed by atoms with Crippen molar-refractivity contribution in [1.82, 2.24) is 0 Å². The van der Waals surface area contributed by atoms with Gasteiger partial charge in [-0.25, -0.2) is 18.0 Å². The lowest BCUT2D eigenvalue weighted by Gasteiger charge is -2.07. The van der Waals surface area contributed by atoms with Crippen LogP contribution in [0.1, 0.15) is 5.56 Å². The third kappa shape index (κ3) is 2.88. The molecule has 0 aliphatic carbocycles. The van der Waals surface area contributed by atoms with Crippen molar-refractivity contribution in [3.05, 3.63) is 34.4 Å². The van der Waals surface area contributed by atoms with Crippen molar-refractivity contribution in [2.75, 3.05) is 7.11 Å². The molecule has 0 unspecified atom stereocenters. The van der Waals surface area contributed by atoms with E-state index < -0.39 is 35.2 Å². The van der Waals surface area contributed by atoms with Gasteiger partial charge >= 0.3 is 5.97 Å². The summed E-state index contributed by atoms with van der Waals surface area (Å²) in [6, 6.07) is 1.75. The summed E-state index contributed by atoms with van der Waals surface area (Å²) in [5.74, 6) is -3.07. The molecule has 0 aromatic heterocycles. The molecule has 0 fully saturated rings. The molecule has 16 heavy (non-hydrogen) atoms. The predicted octanol–water partition coefficient (Wildman–Crippen LogP) is 2.67. The van der Waals surface area contributed by atoms with Gasteiger partial charge in [-0.1, -0.05) is 11.6 Å². The van der Waals surface area contributed by atoms with Crippen molar-refractivity contribution in [3.8, 4) is 0 Å². The highest BCUT2D eigenvalue weighted by Gasteiger charge is 2.19. The number of alkyl halides is 1. The highest BCUT2D eigenvalue weighted by Crippen LogP contribution is 2.21. The van der Waals surface area contributed by atoms with Crippen LogP contribution in [-0.4, -0.2) is 19.3 Å². The number of carbonyl (C=O) groups excluding carboxylic acids is 1. The van der Waals surface area contributed by atoms with E-state index in [0.717, 1.165) is 19.2 Å². The molecule has 0 radical (unpaired) electrons. The maximum Gasteiger partial charge on any atom is 0.340 e. The zero-order valence-corrected chi connectivity index (χ0v) is 9.02. The maximum absolute atomic E-state index is 13.1. The molecule has 1 aromatic carbocycles. The van der Waals surface area contributed by atoms with Crippen LogP contribution in [0.15, 0.2) is 12.1 Å². The summed E-state index contributed by atoms with van der Waals surface area (Å²) >= 11 is 5.24. The Kier molecular flexibility index (Phi) is 4.18. The van der Waals surface area contributed by atoms with E-state index >= 15 is 0 Å². The van der Waals surface area contributed by atoms with Crippen molar-refractivity contribution in [3.63, 3.8) is 0 Å². The molecule has 0 spiro atoms. The van der Waals surface area contributed by atoms with Gasteiger partial charge in [0.15, 0.2) is 0 Å². The highest BCUT2D eigenvalue weighted by atomic mass is 35.5. The smallest absolute Gasteiger partial charge is 0.340 e. The first-order valence-corrected chi connectivity index (χ1v) is 4.68. The number of rotatable bonds is 3. The standard InChI is InChI=1S/C10H8ClF3O2/c1-16-10(15)8(14)4-5-2-6(12)9(11)7(13)3-5/h2-3,8H,4H2,1H3/t8-/m1/s1. The van der Waals surface area contributed by atoms with Gasteiger partial charge in [0.1, 0.15) is 16.7 Å². The molecule has 0 aliphatic rings. The van der Waals surface area contributed by atoms with E-state index in [4.69, 9.17) is 11.6 Å². The van der Waals surface area contributed by atoms with Crippen LogP contribution in [0.5, 0.6) is 0 Å². The van der Waals surface area contributed by atoms with Crippen LogP contribution in [-0.2, 0) is 16.0 Å². The highest BCUT2D eigenvalue weighted by molar-refractivity contribution is 6.30. The zero-order chi connectivity index (χ0) is 12.3. The number of methoxy groups -OCH3 is 1. The van der Waals surface area contributed by atoms with Crippen LogP contribution in [0.4, 0.5) is 13.2 Å². The van der Waals surface area contributed by atoms with Crippen LogP contribution < -0.4 is 0 Å². The summed E-state index contributed by atoms with van der Waals surface area (Å²) in [6.07, 6.45) is -2.41. The molecule has 0 bridgehead atoms. The van der Waals surface area contributed by atoms with Gasteiger partial charge in [-0.15, -0.1) is 0 Å². The average molecular weight is 253 g/mol. The van der Waals surface area contributed by atoms with E-state index in [1.165, 1.54) is 0 Å². The maximum atomic E-state index is 13.1. The second kappa shape index (κ2) is 5.21. The lowest BCUT2D eigenvalue weighted by molar-refractivity contribution is -0.146. The molecule has 1 rings (SSSR count). The second-order valence-corrected chi connectivity index (χ2v) is 3.45. The third-order valence-electron chi connectivity index (χ3n) is 1.92. The van der Waals surface area contributed by atoms with Gasteiger partial charge in [-0.2, -0.15) is 0 Å². The van der Waals surface area contributed by atoms with E-state index in [0.29, 0.717) is 0 Å². The fourth-order valence-electron chi connectivity index (χ4n) is 1.14. The number of hydrogen-bond acceptors (Lipinski definition) is 2. The fourth-order valence-corrected chi connectivity index (χ4v) is 1.25. The Morgan fingerprint density at radius 2 is 1.94 bits per heavy atom. The average Bonchev–Trinajstić information content (AvgIpc) is 2.24. The van der Waals surface area contributed by atoms with Gasteiger partial charge < -0.3 is 4.74 Å². The normalized spacial score (nSPS) is 12.3. The van der Waals surface area contributed by atoms with Crippen molar-refractivity contribution < 1.29 is 22.7 Å². The molecule has 6 heteroatoms. The lowest BCUT2D eigenvalue weighted by Crippen LogP contribution is -2.19. The van der Waals surface area contributed by atoms with Gasteiger partial charge in [-0.3, -0.25) is 0 Å². The SMILES string of the molecule is COC(=O)[C@H](F)Cc1cc(F)c(Cl)c(F)c1. The van der Waals surface area contributed by atoms with E-state index in [1.54, 1.807) is 0 Å². The van der Waals surface area contributed by atoms with Crippen molar-refractivity contribution in [2.24, 2.45) is 0 Å².